The van der Waals surface area contributed by atoms with E-state index < -0.39 is 9.84 Å². The zero-order valence-electron chi connectivity index (χ0n) is 12.9. The third kappa shape index (κ3) is 3.23. The zero-order chi connectivity index (χ0) is 16.6. The van der Waals surface area contributed by atoms with Crippen molar-refractivity contribution in [2.75, 3.05) is 23.0 Å². The molecule has 0 radical (unpaired) electrons. The highest BCUT2D eigenvalue weighted by atomic mass is 32.2. The number of anilines is 1. The van der Waals surface area contributed by atoms with Crippen LogP contribution >= 0.6 is 11.8 Å². The molecule has 0 aromatic heterocycles. The molecule has 0 N–H and O–H groups in total. The minimum Gasteiger partial charge on any atom is -0.492 e. The van der Waals surface area contributed by atoms with Gasteiger partial charge in [-0.05, 0) is 19.1 Å². The number of sulfone groups is 1. The Morgan fingerprint density at radius 3 is 2.83 bits per heavy atom. The summed E-state index contributed by atoms with van der Waals surface area (Å²) < 4.78 is 29.6. The number of carbonyl (C=O) groups is 1. The maximum absolute atomic E-state index is 12.0. The third-order valence-corrected chi connectivity index (χ3v) is 6.95. The maximum Gasteiger partial charge on any atom is 0.244 e. The van der Waals surface area contributed by atoms with E-state index in [1.54, 1.807) is 0 Å². The lowest BCUT2D eigenvalue weighted by molar-refractivity contribution is -0.115. The van der Waals surface area contributed by atoms with Gasteiger partial charge in [0.2, 0.25) is 5.91 Å². The number of carbonyl (C=O) groups excluding carboxylic acids is 1. The van der Waals surface area contributed by atoms with Crippen molar-refractivity contribution < 1.29 is 17.9 Å². The first kappa shape index (κ1) is 16.3. The molecule has 1 amide bonds. The van der Waals surface area contributed by atoms with Crippen molar-refractivity contribution in [1.29, 1.82) is 0 Å². The van der Waals surface area contributed by atoms with Crippen LogP contribution in [0.3, 0.4) is 0 Å². The average molecular weight is 354 g/mol. The molecule has 6 nitrogen and oxygen atoms in total. The van der Waals surface area contributed by atoms with Crippen molar-refractivity contribution in [1.82, 2.24) is 0 Å². The van der Waals surface area contributed by atoms with Crippen LogP contribution in [-0.2, 0) is 14.6 Å². The summed E-state index contributed by atoms with van der Waals surface area (Å²) in [4.78, 5) is 17.4. The van der Waals surface area contributed by atoms with Crippen LogP contribution < -0.4 is 9.64 Å². The van der Waals surface area contributed by atoms with Gasteiger partial charge in [0, 0.05) is 12.2 Å². The molecule has 2 saturated heterocycles. The molecular formula is C15H18N2O4S2. The number of para-hydroxylation sites is 2. The van der Waals surface area contributed by atoms with Crippen LogP contribution in [0.25, 0.3) is 0 Å². The Morgan fingerprint density at radius 1 is 1.39 bits per heavy atom. The van der Waals surface area contributed by atoms with Gasteiger partial charge in [0.05, 0.1) is 29.8 Å². The zero-order valence-corrected chi connectivity index (χ0v) is 14.6. The molecule has 2 heterocycles. The van der Waals surface area contributed by atoms with E-state index in [1.165, 1.54) is 18.7 Å². The minimum atomic E-state index is -3.07. The SMILES string of the molecule is CCOc1ccccc1N1C(=NC(C)=O)S[C@H]2CS(=O)(=O)C[C@@H]21. The first-order valence-electron chi connectivity index (χ1n) is 7.38. The standard InChI is InChI=1S/C15H18N2O4S2/c1-3-21-13-7-5-4-6-11(13)17-12-8-23(19,20)9-14(12)22-15(17)16-10(2)18/h4-7,12,14H,3,8-9H2,1-2H3/t12-,14-/m0/s1. The molecule has 3 rings (SSSR count). The van der Waals surface area contributed by atoms with Gasteiger partial charge in [-0.2, -0.15) is 4.99 Å². The van der Waals surface area contributed by atoms with Crippen LogP contribution in [0.4, 0.5) is 5.69 Å². The highest BCUT2D eigenvalue weighted by molar-refractivity contribution is 8.16. The molecule has 8 heteroatoms. The van der Waals surface area contributed by atoms with Gasteiger partial charge in [-0.1, -0.05) is 23.9 Å². The average Bonchev–Trinajstić information content (AvgIpc) is 2.90. The second-order valence-corrected chi connectivity index (χ2v) is 8.84. The van der Waals surface area contributed by atoms with E-state index in [2.05, 4.69) is 4.99 Å². The fraction of sp³-hybridized carbons (Fsp3) is 0.467. The van der Waals surface area contributed by atoms with Crippen LogP contribution in [-0.4, -0.2) is 48.9 Å². The Balaban J connectivity index is 2.07. The molecule has 1 aromatic rings. The van der Waals surface area contributed by atoms with Crippen molar-refractivity contribution in [2.24, 2.45) is 4.99 Å². The van der Waals surface area contributed by atoms with E-state index >= 15 is 0 Å². The van der Waals surface area contributed by atoms with Crippen molar-refractivity contribution in [2.45, 2.75) is 25.1 Å². The quantitative estimate of drug-likeness (QED) is 0.822. The van der Waals surface area contributed by atoms with Gasteiger partial charge in [0.1, 0.15) is 5.75 Å². The van der Waals surface area contributed by atoms with Gasteiger partial charge < -0.3 is 9.64 Å². The molecule has 2 atom stereocenters. The predicted octanol–water partition coefficient (Wildman–Crippen LogP) is 1.71. The number of hydrogen-bond donors (Lipinski definition) is 0. The molecule has 0 saturated carbocycles. The van der Waals surface area contributed by atoms with Crippen LogP contribution in [0.5, 0.6) is 5.75 Å². The maximum atomic E-state index is 12.0. The summed E-state index contributed by atoms with van der Waals surface area (Å²) in [6.45, 7) is 3.79. The molecule has 2 aliphatic heterocycles. The lowest BCUT2D eigenvalue weighted by Gasteiger charge is -2.26. The Bertz CT molecular complexity index is 760. The lowest BCUT2D eigenvalue weighted by Crippen LogP contribution is -2.38. The van der Waals surface area contributed by atoms with Crippen molar-refractivity contribution in [3.63, 3.8) is 0 Å². The summed E-state index contributed by atoms with van der Waals surface area (Å²) in [5.41, 5.74) is 0.756. The number of ether oxygens (including phenoxy) is 1. The molecular weight excluding hydrogens is 336 g/mol. The number of fused-ring (bicyclic) bond motifs is 1. The number of hydrogen-bond acceptors (Lipinski definition) is 5. The van der Waals surface area contributed by atoms with Gasteiger partial charge in [0.15, 0.2) is 15.0 Å². The van der Waals surface area contributed by atoms with Gasteiger partial charge in [0.25, 0.3) is 0 Å². The number of nitrogens with zero attached hydrogens (tertiary/aromatic N) is 2. The minimum absolute atomic E-state index is 0.0715. The van der Waals surface area contributed by atoms with E-state index in [9.17, 15) is 13.2 Å². The first-order valence-corrected chi connectivity index (χ1v) is 10.1. The largest absolute Gasteiger partial charge is 0.492 e. The van der Waals surface area contributed by atoms with Gasteiger partial charge in [-0.15, -0.1) is 0 Å². The lowest BCUT2D eigenvalue weighted by atomic mass is 10.2. The fourth-order valence-corrected chi connectivity index (χ4v) is 6.87. The molecule has 23 heavy (non-hydrogen) atoms. The van der Waals surface area contributed by atoms with Crippen LogP contribution in [0.1, 0.15) is 13.8 Å². The molecule has 1 aromatic carbocycles. The van der Waals surface area contributed by atoms with Crippen molar-refractivity contribution >= 4 is 38.4 Å². The van der Waals surface area contributed by atoms with Crippen LogP contribution in [0.15, 0.2) is 29.3 Å². The van der Waals surface area contributed by atoms with E-state index in [1.807, 2.05) is 36.1 Å². The summed E-state index contributed by atoms with van der Waals surface area (Å²) in [6, 6.07) is 7.22. The van der Waals surface area contributed by atoms with Crippen molar-refractivity contribution in [3.05, 3.63) is 24.3 Å². The van der Waals surface area contributed by atoms with E-state index in [0.29, 0.717) is 17.5 Å². The van der Waals surface area contributed by atoms with Crippen molar-refractivity contribution in [3.8, 4) is 5.75 Å². The molecule has 124 valence electrons. The molecule has 2 fully saturated rings. The smallest absolute Gasteiger partial charge is 0.244 e. The summed E-state index contributed by atoms with van der Waals surface area (Å²) in [5, 5.41) is 0.447. The van der Waals surface area contributed by atoms with Crippen LogP contribution in [0, 0.1) is 0 Å². The molecule has 2 aliphatic rings. The fourth-order valence-electron chi connectivity index (χ4n) is 2.91. The summed E-state index contributed by atoms with van der Waals surface area (Å²) >= 11 is 1.36. The van der Waals surface area contributed by atoms with Gasteiger partial charge in [-0.3, -0.25) is 4.79 Å². The van der Waals surface area contributed by atoms with Gasteiger partial charge in [-0.25, -0.2) is 8.42 Å². The number of thioether (sulfide) groups is 1. The topological polar surface area (TPSA) is 76.0 Å². The number of rotatable bonds is 3. The second kappa shape index (κ2) is 6.16. The third-order valence-electron chi connectivity index (χ3n) is 3.74. The Labute approximate surface area is 139 Å². The Kier molecular flexibility index (Phi) is 4.37. The highest BCUT2D eigenvalue weighted by Crippen LogP contribution is 2.43. The Morgan fingerprint density at radius 2 is 2.13 bits per heavy atom. The van der Waals surface area contributed by atoms with E-state index in [4.69, 9.17) is 4.74 Å². The number of amides is 1. The molecule has 0 spiro atoms. The van der Waals surface area contributed by atoms with E-state index in [0.717, 1.165) is 5.69 Å². The number of aliphatic imine (C=N–C) groups is 1. The van der Waals surface area contributed by atoms with Crippen LogP contribution in [0.2, 0.25) is 0 Å². The predicted molar refractivity (Wildman–Crippen MR) is 92.0 cm³/mol. The number of amidine groups is 1. The summed E-state index contributed by atoms with van der Waals surface area (Å²) in [5.74, 6) is 0.556. The Hall–Kier alpha value is -1.54. The first-order chi connectivity index (χ1) is 10.9. The molecule has 0 unspecified atom stereocenters. The molecule has 0 aliphatic carbocycles. The second-order valence-electron chi connectivity index (χ2n) is 5.48. The molecule has 0 bridgehead atoms. The monoisotopic (exact) mass is 354 g/mol. The summed E-state index contributed by atoms with van der Waals surface area (Å²) in [6.07, 6.45) is 0. The summed E-state index contributed by atoms with van der Waals surface area (Å²) in [7, 11) is -3.07. The normalized spacial score (nSPS) is 27.2. The van der Waals surface area contributed by atoms with E-state index in [-0.39, 0.29) is 28.7 Å². The van der Waals surface area contributed by atoms with Gasteiger partial charge >= 0.3 is 0 Å². The highest BCUT2D eigenvalue weighted by Gasteiger charge is 2.49. The number of benzene rings is 1.